The maximum Gasteiger partial charge on any atom is 0.251 e. The van der Waals surface area contributed by atoms with Crippen molar-refractivity contribution >= 4 is 28.0 Å². The van der Waals surface area contributed by atoms with Crippen molar-refractivity contribution in [3.8, 4) is 0 Å². The summed E-state index contributed by atoms with van der Waals surface area (Å²) in [6.07, 6.45) is 0. The number of para-hydroxylation sites is 1. The molecule has 1 aromatic carbocycles. The third-order valence-corrected chi connectivity index (χ3v) is 4.51. The minimum absolute atomic E-state index is 0.0182. The summed E-state index contributed by atoms with van der Waals surface area (Å²) in [7, 11) is 0. The summed E-state index contributed by atoms with van der Waals surface area (Å²) in [5.74, 6) is -0.0182. The second-order valence-electron chi connectivity index (χ2n) is 5.07. The molecule has 0 radical (unpaired) electrons. The van der Waals surface area contributed by atoms with Crippen LogP contribution in [0.2, 0.25) is 0 Å². The first-order chi connectivity index (χ1) is 10.1. The fourth-order valence-corrected chi connectivity index (χ4v) is 3.49. The molecule has 0 aliphatic heterocycles. The number of aromatic nitrogens is 1. The van der Waals surface area contributed by atoms with E-state index >= 15 is 0 Å². The smallest absolute Gasteiger partial charge is 0.251 e. The van der Waals surface area contributed by atoms with Crippen molar-refractivity contribution in [3.05, 3.63) is 68.1 Å². The van der Waals surface area contributed by atoms with Crippen LogP contribution in [0.3, 0.4) is 0 Å². The van der Waals surface area contributed by atoms with Crippen molar-refractivity contribution in [1.82, 2.24) is 4.57 Å². The number of rotatable bonds is 3. The summed E-state index contributed by atoms with van der Waals surface area (Å²) in [5.41, 5.74) is 1.37. The number of nitrogens with zero attached hydrogens (tertiary/aromatic N) is 1. The molecule has 2 aromatic heterocycles. The number of hydrogen-bond acceptors (Lipinski definition) is 3. The molecule has 0 aliphatic carbocycles. The highest BCUT2D eigenvalue weighted by Crippen LogP contribution is 2.21. The molecule has 0 spiro atoms. The van der Waals surface area contributed by atoms with Gasteiger partial charge in [-0.2, -0.15) is 0 Å². The standard InChI is InChI=1S/C17H15NO2S/c1-11-9-14(12(2)21-11)16(19)10-18-15-6-4-3-5-13(15)7-8-17(18)20/h3-9H,10H2,1-2H3. The lowest BCUT2D eigenvalue weighted by Crippen LogP contribution is -2.23. The number of aryl methyl sites for hydroxylation is 2. The highest BCUT2D eigenvalue weighted by atomic mass is 32.1. The van der Waals surface area contributed by atoms with Crippen molar-refractivity contribution in [1.29, 1.82) is 0 Å². The summed E-state index contributed by atoms with van der Waals surface area (Å²) in [6, 6.07) is 12.8. The fraction of sp³-hybridized carbons (Fsp3) is 0.176. The second kappa shape index (κ2) is 5.30. The summed E-state index contributed by atoms with van der Waals surface area (Å²) < 4.78 is 1.55. The van der Waals surface area contributed by atoms with Crippen molar-refractivity contribution in [3.63, 3.8) is 0 Å². The van der Waals surface area contributed by atoms with Crippen LogP contribution in [-0.2, 0) is 6.54 Å². The molecule has 106 valence electrons. The lowest BCUT2D eigenvalue weighted by Gasteiger charge is -2.09. The molecular weight excluding hydrogens is 282 g/mol. The van der Waals surface area contributed by atoms with E-state index in [-0.39, 0.29) is 17.9 Å². The molecule has 3 rings (SSSR count). The van der Waals surface area contributed by atoms with Gasteiger partial charge in [-0.1, -0.05) is 18.2 Å². The predicted molar refractivity (Wildman–Crippen MR) is 86.3 cm³/mol. The van der Waals surface area contributed by atoms with Crippen LogP contribution in [-0.4, -0.2) is 10.4 Å². The number of carbonyl (C=O) groups excluding carboxylic acids is 1. The zero-order chi connectivity index (χ0) is 15.0. The highest BCUT2D eigenvalue weighted by Gasteiger charge is 2.14. The minimum Gasteiger partial charge on any atom is -0.300 e. The predicted octanol–water partition coefficient (Wildman–Crippen LogP) is 3.56. The van der Waals surface area contributed by atoms with Crippen molar-refractivity contribution in [2.75, 3.05) is 0 Å². The van der Waals surface area contributed by atoms with Gasteiger partial charge < -0.3 is 4.57 Å². The Labute approximate surface area is 126 Å². The number of benzene rings is 1. The van der Waals surface area contributed by atoms with Gasteiger partial charge >= 0.3 is 0 Å². The Morgan fingerprint density at radius 1 is 1.14 bits per heavy atom. The summed E-state index contributed by atoms with van der Waals surface area (Å²) >= 11 is 1.61. The number of thiophene rings is 1. The molecule has 0 saturated carbocycles. The lowest BCUT2D eigenvalue weighted by atomic mass is 10.1. The van der Waals surface area contributed by atoms with Gasteiger partial charge in [0.2, 0.25) is 0 Å². The van der Waals surface area contributed by atoms with Gasteiger partial charge in [0.25, 0.3) is 5.56 Å². The van der Waals surface area contributed by atoms with E-state index in [0.29, 0.717) is 0 Å². The average Bonchev–Trinajstić information content (AvgIpc) is 2.81. The Balaban J connectivity index is 2.06. The van der Waals surface area contributed by atoms with Gasteiger partial charge in [0.05, 0.1) is 12.1 Å². The third kappa shape index (κ3) is 2.54. The molecule has 0 amide bonds. The van der Waals surface area contributed by atoms with E-state index in [0.717, 1.165) is 26.2 Å². The molecule has 0 atom stereocenters. The summed E-state index contributed by atoms with van der Waals surface area (Å²) in [5, 5.41) is 0.961. The number of Topliss-reactive ketones (excluding diaryl/α,β-unsaturated/α-hetero) is 1. The van der Waals surface area contributed by atoms with Crippen LogP contribution in [0.5, 0.6) is 0 Å². The van der Waals surface area contributed by atoms with Gasteiger partial charge in [0.15, 0.2) is 5.78 Å². The first kappa shape index (κ1) is 13.8. The first-order valence-electron chi connectivity index (χ1n) is 6.75. The normalized spacial score (nSPS) is 11.0. The average molecular weight is 297 g/mol. The van der Waals surface area contributed by atoms with Crippen molar-refractivity contribution in [2.24, 2.45) is 0 Å². The van der Waals surface area contributed by atoms with Gasteiger partial charge in [-0.25, -0.2) is 0 Å². The molecule has 4 heteroatoms. The maximum absolute atomic E-state index is 12.5. The topological polar surface area (TPSA) is 39.1 Å². The SMILES string of the molecule is Cc1cc(C(=O)Cn2c(=O)ccc3ccccc32)c(C)s1. The molecular formula is C17H15NO2S. The minimum atomic E-state index is -0.147. The van der Waals surface area contributed by atoms with Crippen LogP contribution in [0.1, 0.15) is 20.1 Å². The Hall–Kier alpha value is -2.20. The van der Waals surface area contributed by atoms with Crippen molar-refractivity contribution < 1.29 is 4.79 Å². The van der Waals surface area contributed by atoms with E-state index in [9.17, 15) is 9.59 Å². The molecule has 0 fully saturated rings. The zero-order valence-corrected chi connectivity index (χ0v) is 12.7. The van der Waals surface area contributed by atoms with E-state index in [2.05, 4.69) is 0 Å². The number of fused-ring (bicyclic) bond motifs is 1. The van der Waals surface area contributed by atoms with Gasteiger partial charge in [-0.3, -0.25) is 9.59 Å². The van der Waals surface area contributed by atoms with E-state index in [1.165, 1.54) is 6.07 Å². The molecule has 0 unspecified atom stereocenters. The summed E-state index contributed by atoms with van der Waals surface area (Å²) in [6.45, 7) is 4.01. The highest BCUT2D eigenvalue weighted by molar-refractivity contribution is 7.12. The maximum atomic E-state index is 12.5. The fourth-order valence-electron chi connectivity index (χ4n) is 2.54. The van der Waals surface area contributed by atoms with E-state index in [1.807, 2.05) is 44.2 Å². The van der Waals surface area contributed by atoms with Gasteiger partial charge in [0.1, 0.15) is 0 Å². The number of pyridine rings is 1. The van der Waals surface area contributed by atoms with Crippen LogP contribution < -0.4 is 5.56 Å². The van der Waals surface area contributed by atoms with Crippen LogP contribution in [0, 0.1) is 13.8 Å². The zero-order valence-electron chi connectivity index (χ0n) is 11.9. The van der Waals surface area contributed by atoms with E-state index < -0.39 is 0 Å². The molecule has 21 heavy (non-hydrogen) atoms. The van der Waals surface area contributed by atoms with Crippen molar-refractivity contribution in [2.45, 2.75) is 20.4 Å². The first-order valence-corrected chi connectivity index (χ1v) is 7.57. The Bertz CT molecular complexity index is 889. The third-order valence-electron chi connectivity index (χ3n) is 3.54. The molecule has 0 aliphatic rings. The van der Waals surface area contributed by atoms with Crippen LogP contribution in [0.15, 0.2) is 47.3 Å². The van der Waals surface area contributed by atoms with Crippen LogP contribution in [0.4, 0.5) is 0 Å². The van der Waals surface area contributed by atoms with Crippen LogP contribution in [0.25, 0.3) is 10.9 Å². The molecule has 3 aromatic rings. The molecule has 0 N–H and O–H groups in total. The summed E-state index contributed by atoms with van der Waals surface area (Å²) in [4.78, 5) is 26.7. The lowest BCUT2D eigenvalue weighted by molar-refractivity contribution is 0.0972. The van der Waals surface area contributed by atoms with Crippen LogP contribution >= 0.6 is 11.3 Å². The van der Waals surface area contributed by atoms with E-state index in [4.69, 9.17) is 0 Å². The Kier molecular flexibility index (Phi) is 3.47. The molecule has 0 saturated heterocycles. The monoisotopic (exact) mass is 297 g/mol. The van der Waals surface area contributed by atoms with Gasteiger partial charge in [-0.15, -0.1) is 11.3 Å². The number of hydrogen-bond donors (Lipinski definition) is 0. The van der Waals surface area contributed by atoms with Gasteiger partial charge in [0, 0.05) is 21.4 Å². The molecule has 2 heterocycles. The molecule has 0 bridgehead atoms. The number of carbonyl (C=O) groups is 1. The molecule has 3 nitrogen and oxygen atoms in total. The number of ketones is 1. The quantitative estimate of drug-likeness (QED) is 0.693. The second-order valence-corrected chi connectivity index (χ2v) is 6.53. The largest absolute Gasteiger partial charge is 0.300 e. The van der Waals surface area contributed by atoms with E-state index in [1.54, 1.807) is 22.0 Å². The Morgan fingerprint density at radius 2 is 1.90 bits per heavy atom. The Morgan fingerprint density at radius 3 is 2.62 bits per heavy atom. The van der Waals surface area contributed by atoms with Gasteiger partial charge in [-0.05, 0) is 37.4 Å².